The van der Waals surface area contributed by atoms with Crippen LogP contribution in [0.3, 0.4) is 0 Å². The van der Waals surface area contributed by atoms with E-state index in [9.17, 15) is 13.2 Å². The molecule has 0 saturated carbocycles. The second kappa shape index (κ2) is 6.49. The fraction of sp³-hybridized carbons (Fsp3) is 0.294. The summed E-state index contributed by atoms with van der Waals surface area (Å²) in [5.41, 5.74) is 0.517. The third kappa shape index (κ3) is 3.34. The Balaban J connectivity index is 1.85. The molecule has 0 unspecified atom stereocenters. The van der Waals surface area contributed by atoms with E-state index in [1.165, 1.54) is 12.1 Å². The maximum Gasteiger partial charge on any atom is 0.416 e. The molecule has 0 radical (unpaired) electrons. The smallest absolute Gasteiger partial charge is 0.370 e. The van der Waals surface area contributed by atoms with Gasteiger partial charge in [-0.05, 0) is 23.8 Å². The van der Waals surface area contributed by atoms with Gasteiger partial charge >= 0.3 is 6.18 Å². The van der Waals surface area contributed by atoms with Crippen molar-refractivity contribution in [1.29, 1.82) is 5.26 Å². The van der Waals surface area contributed by atoms with Gasteiger partial charge in [-0.1, -0.05) is 18.2 Å². The minimum absolute atomic E-state index is 0.135. The van der Waals surface area contributed by atoms with Crippen LogP contribution in [0.25, 0.3) is 0 Å². The molecule has 7 heteroatoms. The number of morpholine rings is 1. The molecule has 1 fully saturated rings. The number of anilines is 1. The Morgan fingerprint density at radius 1 is 1.21 bits per heavy atom. The van der Waals surface area contributed by atoms with Crippen LogP contribution >= 0.6 is 0 Å². The lowest BCUT2D eigenvalue weighted by molar-refractivity contribution is -0.139. The van der Waals surface area contributed by atoms with Crippen LogP contribution in [0.4, 0.5) is 18.9 Å². The zero-order valence-corrected chi connectivity index (χ0v) is 12.6. The number of halogens is 3. The second-order valence-corrected chi connectivity index (χ2v) is 5.40. The molecule has 4 nitrogen and oxygen atoms in total. The van der Waals surface area contributed by atoms with Crippen molar-refractivity contribution in [3.63, 3.8) is 0 Å². The first-order valence-electron chi connectivity index (χ1n) is 7.38. The number of alkyl halides is 3. The Kier molecular flexibility index (Phi) is 4.40. The molecule has 3 rings (SSSR count). The van der Waals surface area contributed by atoms with Crippen LogP contribution in [0, 0.1) is 11.3 Å². The molecule has 1 aliphatic rings. The maximum absolute atomic E-state index is 13.2. The number of ether oxygens (including phenoxy) is 1. The van der Waals surface area contributed by atoms with Crippen molar-refractivity contribution in [3.8, 4) is 6.07 Å². The Bertz CT molecular complexity index is 753. The van der Waals surface area contributed by atoms with Gasteiger partial charge in [-0.2, -0.15) is 18.4 Å². The number of rotatable bonds is 2. The fourth-order valence-corrected chi connectivity index (χ4v) is 2.75. The summed E-state index contributed by atoms with van der Waals surface area (Å²) in [6.45, 7) is 1.16. The Morgan fingerprint density at radius 3 is 2.67 bits per heavy atom. The largest absolute Gasteiger partial charge is 0.416 e. The van der Waals surface area contributed by atoms with Crippen molar-refractivity contribution in [1.82, 2.24) is 4.98 Å². The van der Waals surface area contributed by atoms with Crippen LogP contribution in [-0.4, -0.2) is 24.7 Å². The first-order valence-corrected chi connectivity index (χ1v) is 7.38. The van der Waals surface area contributed by atoms with Gasteiger partial charge < -0.3 is 9.64 Å². The van der Waals surface area contributed by atoms with Crippen molar-refractivity contribution in [2.75, 3.05) is 24.6 Å². The Morgan fingerprint density at radius 2 is 2.00 bits per heavy atom. The first-order chi connectivity index (χ1) is 11.5. The second-order valence-electron chi connectivity index (χ2n) is 5.40. The zero-order chi connectivity index (χ0) is 17.2. The molecule has 0 spiro atoms. The number of aromatic nitrogens is 1. The quantitative estimate of drug-likeness (QED) is 0.843. The van der Waals surface area contributed by atoms with Crippen molar-refractivity contribution < 1.29 is 17.9 Å². The number of nitrogens with zero attached hydrogens (tertiary/aromatic N) is 3. The van der Waals surface area contributed by atoms with Crippen LogP contribution in [0.1, 0.15) is 22.9 Å². The predicted molar refractivity (Wildman–Crippen MR) is 81.3 cm³/mol. The van der Waals surface area contributed by atoms with Gasteiger partial charge in [0.1, 0.15) is 17.9 Å². The minimum Gasteiger partial charge on any atom is -0.370 e. The minimum atomic E-state index is -4.42. The van der Waals surface area contributed by atoms with Crippen molar-refractivity contribution >= 4 is 5.69 Å². The van der Waals surface area contributed by atoms with E-state index >= 15 is 0 Å². The van der Waals surface area contributed by atoms with Crippen molar-refractivity contribution in [2.24, 2.45) is 0 Å². The molecule has 124 valence electrons. The summed E-state index contributed by atoms with van der Waals surface area (Å²) in [4.78, 5) is 5.92. The molecule has 1 aromatic heterocycles. The fourth-order valence-electron chi connectivity index (χ4n) is 2.75. The van der Waals surface area contributed by atoms with E-state index in [0.29, 0.717) is 25.4 Å². The zero-order valence-electron chi connectivity index (χ0n) is 12.6. The van der Waals surface area contributed by atoms with Gasteiger partial charge in [-0.3, -0.25) is 0 Å². The van der Waals surface area contributed by atoms with E-state index < -0.39 is 17.8 Å². The topological polar surface area (TPSA) is 49.2 Å². The summed E-state index contributed by atoms with van der Waals surface area (Å²) in [6, 6.07) is 10.7. The lowest BCUT2D eigenvalue weighted by Gasteiger charge is -2.35. The number of benzene rings is 1. The van der Waals surface area contributed by atoms with E-state index in [1.54, 1.807) is 24.4 Å². The third-order valence-corrected chi connectivity index (χ3v) is 3.91. The molecule has 24 heavy (non-hydrogen) atoms. The standard InChI is InChI=1S/C17H14F3N3O/c18-17(19,20)15-4-2-1-3-14(15)16-11-23(7-8-24-16)13-6-5-12(9-21)22-10-13/h1-6,10,16H,7-8,11H2/t16-/m0/s1. The van der Waals surface area contributed by atoms with Gasteiger partial charge in [0.15, 0.2) is 0 Å². The molecule has 0 aliphatic carbocycles. The highest BCUT2D eigenvalue weighted by Gasteiger charge is 2.36. The van der Waals surface area contributed by atoms with E-state index in [0.717, 1.165) is 11.8 Å². The van der Waals surface area contributed by atoms with Crippen LogP contribution in [0.5, 0.6) is 0 Å². The maximum atomic E-state index is 13.2. The molecule has 0 bridgehead atoms. The number of hydrogen-bond acceptors (Lipinski definition) is 4. The number of nitriles is 1. The SMILES string of the molecule is N#Cc1ccc(N2CCO[C@H](c3ccccc3C(F)(F)F)C2)cn1. The van der Waals surface area contributed by atoms with Gasteiger partial charge in [0.05, 0.1) is 24.1 Å². The van der Waals surface area contributed by atoms with Gasteiger partial charge in [0, 0.05) is 13.1 Å². The molecule has 0 N–H and O–H groups in total. The Hall–Kier alpha value is -2.59. The summed E-state index contributed by atoms with van der Waals surface area (Å²) in [6.07, 6.45) is -3.54. The van der Waals surface area contributed by atoms with E-state index in [1.807, 2.05) is 11.0 Å². The molecular formula is C17H14F3N3O. The average molecular weight is 333 g/mol. The number of pyridine rings is 1. The van der Waals surface area contributed by atoms with Crippen LogP contribution in [-0.2, 0) is 10.9 Å². The monoisotopic (exact) mass is 333 g/mol. The van der Waals surface area contributed by atoms with E-state index in [4.69, 9.17) is 10.00 Å². The van der Waals surface area contributed by atoms with E-state index in [-0.39, 0.29) is 5.56 Å². The van der Waals surface area contributed by atoms with Gasteiger partial charge in [-0.25, -0.2) is 4.98 Å². The molecule has 1 atom stereocenters. The molecular weight excluding hydrogens is 319 g/mol. The highest BCUT2D eigenvalue weighted by Crippen LogP contribution is 2.37. The molecule has 2 aromatic rings. The van der Waals surface area contributed by atoms with Gasteiger partial charge in [0.25, 0.3) is 0 Å². The average Bonchev–Trinajstić information content (AvgIpc) is 2.61. The molecule has 1 aliphatic heterocycles. The lowest BCUT2D eigenvalue weighted by atomic mass is 10.0. The van der Waals surface area contributed by atoms with E-state index in [2.05, 4.69) is 4.98 Å². The third-order valence-electron chi connectivity index (χ3n) is 3.91. The number of hydrogen-bond donors (Lipinski definition) is 0. The van der Waals surface area contributed by atoms with Crippen LogP contribution in [0.2, 0.25) is 0 Å². The first kappa shape index (κ1) is 16.3. The van der Waals surface area contributed by atoms with Crippen LogP contribution in [0.15, 0.2) is 42.6 Å². The summed E-state index contributed by atoms with van der Waals surface area (Å²) >= 11 is 0. The van der Waals surface area contributed by atoms with Gasteiger partial charge in [-0.15, -0.1) is 0 Å². The lowest BCUT2D eigenvalue weighted by Crippen LogP contribution is -2.39. The summed E-state index contributed by atoms with van der Waals surface area (Å²) in [7, 11) is 0. The van der Waals surface area contributed by atoms with Crippen LogP contribution < -0.4 is 4.90 Å². The predicted octanol–water partition coefficient (Wildman–Crippen LogP) is 3.55. The normalized spacial score (nSPS) is 18.2. The summed E-state index contributed by atoms with van der Waals surface area (Å²) < 4.78 is 45.2. The van der Waals surface area contributed by atoms with Crippen molar-refractivity contribution in [3.05, 3.63) is 59.4 Å². The molecule has 1 saturated heterocycles. The summed E-state index contributed by atoms with van der Waals surface area (Å²) in [5.74, 6) is 0. The molecule has 1 aromatic carbocycles. The highest BCUT2D eigenvalue weighted by molar-refractivity contribution is 5.47. The molecule has 2 heterocycles. The highest BCUT2D eigenvalue weighted by atomic mass is 19.4. The molecule has 0 amide bonds. The Labute approximate surface area is 137 Å². The summed E-state index contributed by atoms with van der Waals surface area (Å²) in [5, 5.41) is 8.78. The van der Waals surface area contributed by atoms with Crippen molar-refractivity contribution in [2.45, 2.75) is 12.3 Å². The van der Waals surface area contributed by atoms with Gasteiger partial charge in [0.2, 0.25) is 0 Å².